The lowest BCUT2D eigenvalue weighted by molar-refractivity contribution is -0.130. The van der Waals surface area contributed by atoms with Crippen LogP contribution in [0, 0.1) is 0 Å². The van der Waals surface area contributed by atoms with Crippen LogP contribution in [-0.4, -0.2) is 77.9 Å². The van der Waals surface area contributed by atoms with E-state index in [0.29, 0.717) is 13.0 Å². The summed E-state index contributed by atoms with van der Waals surface area (Å²) >= 11 is 6.14. The number of likely N-dealkylation sites (N-methyl/N-ethyl adjacent to an activating group) is 1. The van der Waals surface area contributed by atoms with Gasteiger partial charge in [0.15, 0.2) is 0 Å². The summed E-state index contributed by atoms with van der Waals surface area (Å²) in [5.41, 5.74) is 1.13. The molecule has 3 aliphatic rings. The SMILES string of the molecule is CN1C(CCC(=O)N2CCCC2)CNC(=O)C2C1CCN2Cc1cccc(Cl)c1. The number of benzene rings is 1. The second-order valence-electron chi connectivity index (χ2n) is 8.59. The van der Waals surface area contributed by atoms with Gasteiger partial charge in [0.25, 0.3) is 0 Å². The van der Waals surface area contributed by atoms with Crippen molar-refractivity contribution < 1.29 is 9.59 Å². The lowest BCUT2D eigenvalue weighted by Crippen LogP contribution is -2.49. The van der Waals surface area contributed by atoms with Crippen LogP contribution >= 0.6 is 11.6 Å². The Balaban J connectivity index is 1.40. The number of carbonyl (C=O) groups is 2. The minimum Gasteiger partial charge on any atom is -0.353 e. The second kappa shape index (κ2) is 9.02. The highest BCUT2D eigenvalue weighted by atomic mass is 35.5. The van der Waals surface area contributed by atoms with E-state index in [-0.39, 0.29) is 29.9 Å². The molecule has 0 aromatic heterocycles. The molecule has 1 aromatic rings. The van der Waals surface area contributed by atoms with E-state index in [1.54, 1.807) is 0 Å². The molecule has 0 radical (unpaired) electrons. The topological polar surface area (TPSA) is 55.9 Å². The first-order chi connectivity index (χ1) is 14.0. The Kier molecular flexibility index (Phi) is 6.42. The molecule has 1 N–H and O–H groups in total. The molecule has 29 heavy (non-hydrogen) atoms. The zero-order chi connectivity index (χ0) is 20.4. The minimum absolute atomic E-state index is 0.106. The number of carbonyl (C=O) groups excluding carboxylic acids is 2. The number of nitrogens with zero attached hydrogens (tertiary/aromatic N) is 3. The molecule has 158 valence electrons. The van der Waals surface area contributed by atoms with Gasteiger partial charge < -0.3 is 10.2 Å². The fraction of sp³-hybridized carbons (Fsp3) is 0.636. The van der Waals surface area contributed by atoms with Crippen LogP contribution in [0.5, 0.6) is 0 Å². The summed E-state index contributed by atoms with van der Waals surface area (Å²) in [6.45, 7) is 4.03. The zero-order valence-corrected chi connectivity index (χ0v) is 17.9. The number of hydrogen-bond donors (Lipinski definition) is 1. The second-order valence-corrected chi connectivity index (χ2v) is 9.03. The Morgan fingerprint density at radius 3 is 2.79 bits per heavy atom. The average molecular weight is 419 g/mol. The first-order valence-electron chi connectivity index (χ1n) is 10.8. The molecular weight excluding hydrogens is 388 g/mol. The molecule has 0 aliphatic carbocycles. The van der Waals surface area contributed by atoms with E-state index in [1.165, 1.54) is 0 Å². The Labute approximate surface area is 178 Å². The van der Waals surface area contributed by atoms with Crippen molar-refractivity contribution in [3.05, 3.63) is 34.9 Å². The quantitative estimate of drug-likeness (QED) is 0.795. The first-order valence-corrected chi connectivity index (χ1v) is 11.2. The lowest BCUT2D eigenvalue weighted by Gasteiger charge is -2.33. The van der Waals surface area contributed by atoms with Crippen LogP contribution in [0.15, 0.2) is 24.3 Å². The number of rotatable bonds is 5. The van der Waals surface area contributed by atoms with Crippen molar-refractivity contribution >= 4 is 23.4 Å². The minimum atomic E-state index is -0.154. The summed E-state index contributed by atoms with van der Waals surface area (Å²) < 4.78 is 0. The van der Waals surface area contributed by atoms with E-state index in [9.17, 15) is 9.59 Å². The van der Waals surface area contributed by atoms with E-state index < -0.39 is 0 Å². The van der Waals surface area contributed by atoms with Gasteiger partial charge in [-0.15, -0.1) is 0 Å². The van der Waals surface area contributed by atoms with Crippen molar-refractivity contribution in [1.29, 1.82) is 0 Å². The van der Waals surface area contributed by atoms with Crippen molar-refractivity contribution in [3.63, 3.8) is 0 Å². The molecule has 0 spiro atoms. The van der Waals surface area contributed by atoms with Crippen LogP contribution in [0.4, 0.5) is 0 Å². The molecule has 7 heteroatoms. The van der Waals surface area contributed by atoms with Gasteiger partial charge in [0.2, 0.25) is 11.8 Å². The third-order valence-electron chi connectivity index (χ3n) is 6.77. The molecule has 3 fully saturated rings. The van der Waals surface area contributed by atoms with Gasteiger partial charge >= 0.3 is 0 Å². The van der Waals surface area contributed by atoms with Gasteiger partial charge in [-0.05, 0) is 50.4 Å². The van der Waals surface area contributed by atoms with Crippen molar-refractivity contribution in [2.45, 2.75) is 56.8 Å². The summed E-state index contributed by atoms with van der Waals surface area (Å²) in [5, 5.41) is 3.87. The molecule has 0 bridgehead atoms. The number of fused-ring (bicyclic) bond motifs is 1. The monoisotopic (exact) mass is 418 g/mol. The molecule has 3 heterocycles. The summed E-state index contributed by atoms with van der Waals surface area (Å²) in [7, 11) is 2.12. The standard InChI is InChI=1S/C22H31ClN4O2/c1-25-18(7-8-20(28)26-10-2-3-11-26)14-24-22(29)21-19(25)9-12-27(21)15-16-5-4-6-17(23)13-16/h4-6,13,18-19,21H,2-3,7-12,14-15H2,1H3,(H,24,29). The Morgan fingerprint density at radius 2 is 2.03 bits per heavy atom. The summed E-state index contributed by atoms with van der Waals surface area (Å²) in [6, 6.07) is 8.09. The fourth-order valence-corrected chi connectivity index (χ4v) is 5.32. The maximum absolute atomic E-state index is 12.9. The summed E-state index contributed by atoms with van der Waals surface area (Å²) in [6.07, 6.45) is 4.57. The molecule has 4 rings (SSSR count). The smallest absolute Gasteiger partial charge is 0.239 e. The van der Waals surface area contributed by atoms with E-state index in [4.69, 9.17) is 11.6 Å². The molecular formula is C22H31ClN4O2. The van der Waals surface area contributed by atoms with E-state index in [1.807, 2.05) is 23.1 Å². The van der Waals surface area contributed by atoms with E-state index >= 15 is 0 Å². The third kappa shape index (κ3) is 4.60. The van der Waals surface area contributed by atoms with Crippen LogP contribution in [0.3, 0.4) is 0 Å². The summed E-state index contributed by atoms with van der Waals surface area (Å²) in [4.78, 5) is 32.0. The number of hydrogen-bond acceptors (Lipinski definition) is 4. The van der Waals surface area contributed by atoms with Crippen LogP contribution in [-0.2, 0) is 16.1 Å². The number of halogens is 1. The highest BCUT2D eigenvalue weighted by molar-refractivity contribution is 6.30. The molecule has 1 aromatic carbocycles. The number of likely N-dealkylation sites (tertiary alicyclic amines) is 2. The Bertz CT molecular complexity index is 752. The van der Waals surface area contributed by atoms with Gasteiger partial charge in [0.05, 0.1) is 0 Å². The van der Waals surface area contributed by atoms with Gasteiger partial charge in [0, 0.05) is 56.3 Å². The Morgan fingerprint density at radius 1 is 1.24 bits per heavy atom. The van der Waals surface area contributed by atoms with Crippen LogP contribution in [0.25, 0.3) is 0 Å². The van der Waals surface area contributed by atoms with Gasteiger partial charge in [-0.3, -0.25) is 19.4 Å². The molecule has 3 aliphatic heterocycles. The van der Waals surface area contributed by atoms with Crippen LogP contribution in [0.2, 0.25) is 5.02 Å². The maximum Gasteiger partial charge on any atom is 0.239 e. The predicted molar refractivity (Wildman–Crippen MR) is 114 cm³/mol. The van der Waals surface area contributed by atoms with Crippen LogP contribution < -0.4 is 5.32 Å². The van der Waals surface area contributed by atoms with Crippen LogP contribution in [0.1, 0.15) is 37.7 Å². The predicted octanol–water partition coefficient (Wildman–Crippen LogP) is 2.12. The molecule has 0 saturated carbocycles. The van der Waals surface area contributed by atoms with Gasteiger partial charge in [-0.2, -0.15) is 0 Å². The molecule has 6 nitrogen and oxygen atoms in total. The van der Waals surface area contributed by atoms with Crippen molar-refractivity contribution in [2.24, 2.45) is 0 Å². The van der Waals surface area contributed by atoms with Crippen molar-refractivity contribution in [2.75, 3.05) is 33.2 Å². The Hall–Kier alpha value is -1.63. The van der Waals surface area contributed by atoms with Crippen molar-refractivity contribution in [3.8, 4) is 0 Å². The molecule has 3 saturated heterocycles. The maximum atomic E-state index is 12.9. The van der Waals surface area contributed by atoms with Gasteiger partial charge in [0.1, 0.15) is 6.04 Å². The average Bonchev–Trinajstić information content (AvgIpc) is 3.35. The fourth-order valence-electron chi connectivity index (χ4n) is 5.11. The van der Waals surface area contributed by atoms with Gasteiger partial charge in [-0.25, -0.2) is 0 Å². The van der Waals surface area contributed by atoms with E-state index in [2.05, 4.69) is 28.2 Å². The van der Waals surface area contributed by atoms with E-state index in [0.717, 1.165) is 62.4 Å². The number of amides is 2. The lowest BCUT2D eigenvalue weighted by atomic mass is 10.0. The normalized spacial score (nSPS) is 28.3. The van der Waals surface area contributed by atoms with Crippen molar-refractivity contribution in [1.82, 2.24) is 20.0 Å². The van der Waals surface area contributed by atoms with Gasteiger partial charge in [-0.1, -0.05) is 23.7 Å². The molecule has 3 unspecified atom stereocenters. The summed E-state index contributed by atoms with van der Waals surface area (Å²) in [5.74, 6) is 0.367. The highest BCUT2D eigenvalue weighted by Gasteiger charge is 2.44. The molecule has 2 amide bonds. The largest absolute Gasteiger partial charge is 0.353 e. The zero-order valence-electron chi connectivity index (χ0n) is 17.1. The number of nitrogens with one attached hydrogen (secondary N) is 1. The highest BCUT2D eigenvalue weighted by Crippen LogP contribution is 2.29. The molecule has 3 atom stereocenters. The first kappa shape index (κ1) is 20.6. The third-order valence-corrected chi connectivity index (χ3v) is 7.01.